The van der Waals surface area contributed by atoms with E-state index < -0.39 is 0 Å². The van der Waals surface area contributed by atoms with Gasteiger partial charge in [0.25, 0.3) is 0 Å². The predicted molar refractivity (Wildman–Crippen MR) is 176 cm³/mol. The molecule has 0 unspecified atom stereocenters. The molecule has 2 heterocycles. The number of fused-ring (bicyclic) bond motifs is 3. The third-order valence-electron chi connectivity index (χ3n) is 8.11. The van der Waals surface area contributed by atoms with Gasteiger partial charge in [0.1, 0.15) is 0 Å². The molecule has 0 fully saturated rings. The van der Waals surface area contributed by atoms with E-state index in [-0.39, 0.29) is 0 Å². The fourth-order valence-electron chi connectivity index (χ4n) is 6.08. The van der Waals surface area contributed by atoms with Crippen molar-refractivity contribution in [3.63, 3.8) is 0 Å². The molecule has 0 aliphatic rings. The molecule has 8 aromatic rings. The fraction of sp³-hybridized carbons (Fsp3) is 0. The molecular formula is C40H26N2. The van der Waals surface area contributed by atoms with E-state index in [0.29, 0.717) is 0 Å². The lowest BCUT2D eigenvalue weighted by Crippen LogP contribution is -1.92. The minimum atomic E-state index is 0.962. The zero-order valence-electron chi connectivity index (χ0n) is 22.9. The normalized spacial score (nSPS) is 11.3. The van der Waals surface area contributed by atoms with Crippen molar-refractivity contribution in [2.45, 2.75) is 0 Å². The van der Waals surface area contributed by atoms with E-state index in [1.54, 1.807) is 0 Å². The number of nitrogens with zero attached hydrogens (tertiary/aromatic N) is 2. The summed E-state index contributed by atoms with van der Waals surface area (Å²) in [6.45, 7) is 0. The van der Waals surface area contributed by atoms with E-state index in [4.69, 9.17) is 4.98 Å². The summed E-state index contributed by atoms with van der Waals surface area (Å²) in [5.41, 5.74) is 9.83. The second-order valence-corrected chi connectivity index (χ2v) is 10.6. The van der Waals surface area contributed by atoms with Gasteiger partial charge in [0.05, 0.1) is 16.9 Å². The summed E-state index contributed by atoms with van der Waals surface area (Å²) in [5, 5.41) is 6.03. The van der Waals surface area contributed by atoms with Crippen molar-refractivity contribution in [2.75, 3.05) is 0 Å². The van der Waals surface area contributed by atoms with Crippen LogP contribution in [0.1, 0.15) is 0 Å². The molecular weight excluding hydrogens is 508 g/mol. The van der Waals surface area contributed by atoms with E-state index in [1.807, 2.05) is 18.3 Å². The van der Waals surface area contributed by atoms with Crippen molar-refractivity contribution >= 4 is 32.4 Å². The van der Waals surface area contributed by atoms with Gasteiger partial charge in [0, 0.05) is 22.7 Å². The zero-order valence-corrected chi connectivity index (χ0v) is 22.9. The molecule has 0 aliphatic carbocycles. The Labute approximate surface area is 244 Å². The molecule has 2 nitrogen and oxygen atoms in total. The van der Waals surface area contributed by atoms with Gasteiger partial charge < -0.3 is 0 Å². The molecule has 42 heavy (non-hydrogen) atoms. The summed E-state index contributed by atoms with van der Waals surface area (Å²) in [6, 6.07) is 53.8. The van der Waals surface area contributed by atoms with Crippen molar-refractivity contribution < 1.29 is 0 Å². The average molecular weight is 535 g/mol. The number of pyridine rings is 2. The van der Waals surface area contributed by atoms with Gasteiger partial charge in [-0.05, 0) is 80.2 Å². The Morgan fingerprint density at radius 3 is 1.79 bits per heavy atom. The van der Waals surface area contributed by atoms with Gasteiger partial charge in [0.2, 0.25) is 0 Å². The van der Waals surface area contributed by atoms with Crippen LogP contribution in [0.2, 0.25) is 0 Å². The minimum absolute atomic E-state index is 0.962. The first kappa shape index (κ1) is 24.2. The summed E-state index contributed by atoms with van der Waals surface area (Å²) in [4.78, 5) is 9.86. The summed E-state index contributed by atoms with van der Waals surface area (Å²) in [7, 11) is 0. The first-order valence-electron chi connectivity index (χ1n) is 14.2. The van der Waals surface area contributed by atoms with Crippen LogP contribution in [0.5, 0.6) is 0 Å². The largest absolute Gasteiger partial charge is 0.256 e. The van der Waals surface area contributed by atoms with Gasteiger partial charge in [-0.3, -0.25) is 4.98 Å². The highest BCUT2D eigenvalue weighted by molar-refractivity contribution is 6.04. The Hall–Kier alpha value is -5.60. The number of aromatic nitrogens is 2. The number of hydrogen-bond acceptors (Lipinski definition) is 2. The second kappa shape index (κ2) is 10.1. The summed E-state index contributed by atoms with van der Waals surface area (Å²) in [6.07, 6.45) is 1.85. The Morgan fingerprint density at radius 1 is 0.357 bits per heavy atom. The van der Waals surface area contributed by atoms with Crippen LogP contribution in [0.15, 0.2) is 158 Å². The highest BCUT2D eigenvalue weighted by atomic mass is 14.7. The molecule has 2 heteroatoms. The highest BCUT2D eigenvalue weighted by Gasteiger charge is 2.14. The molecule has 0 aliphatic heterocycles. The average Bonchev–Trinajstić information content (AvgIpc) is 3.07. The summed E-state index contributed by atoms with van der Waals surface area (Å²) in [5.74, 6) is 0. The maximum atomic E-state index is 5.25. The molecule has 0 spiro atoms. The van der Waals surface area contributed by atoms with E-state index in [9.17, 15) is 0 Å². The van der Waals surface area contributed by atoms with Crippen LogP contribution in [-0.2, 0) is 0 Å². The van der Waals surface area contributed by atoms with Crippen molar-refractivity contribution in [3.8, 4) is 44.8 Å². The smallest absolute Gasteiger partial charge is 0.0722 e. The fourth-order valence-corrected chi connectivity index (χ4v) is 6.08. The van der Waals surface area contributed by atoms with Crippen LogP contribution >= 0.6 is 0 Å². The Kier molecular flexibility index (Phi) is 5.82. The van der Waals surface area contributed by atoms with Gasteiger partial charge in [-0.25, -0.2) is 4.98 Å². The Morgan fingerprint density at radius 2 is 1.00 bits per heavy atom. The van der Waals surface area contributed by atoms with Gasteiger partial charge in [0.15, 0.2) is 0 Å². The van der Waals surface area contributed by atoms with Gasteiger partial charge in [-0.2, -0.15) is 0 Å². The monoisotopic (exact) mass is 534 g/mol. The molecule has 6 aromatic carbocycles. The lowest BCUT2D eigenvalue weighted by atomic mass is 9.92. The van der Waals surface area contributed by atoms with Crippen LogP contribution in [0.3, 0.4) is 0 Å². The third-order valence-corrected chi connectivity index (χ3v) is 8.11. The van der Waals surface area contributed by atoms with Crippen LogP contribution in [0.25, 0.3) is 77.2 Å². The number of rotatable bonds is 4. The van der Waals surface area contributed by atoms with Gasteiger partial charge >= 0.3 is 0 Å². The van der Waals surface area contributed by atoms with Crippen molar-refractivity contribution in [3.05, 3.63) is 158 Å². The van der Waals surface area contributed by atoms with E-state index in [0.717, 1.165) is 44.5 Å². The molecule has 196 valence electrons. The van der Waals surface area contributed by atoms with Crippen molar-refractivity contribution in [1.82, 2.24) is 9.97 Å². The second-order valence-electron chi connectivity index (χ2n) is 10.6. The molecule has 0 radical (unpaired) electrons. The molecule has 0 saturated heterocycles. The van der Waals surface area contributed by atoms with Crippen molar-refractivity contribution in [2.24, 2.45) is 0 Å². The predicted octanol–water partition coefficient (Wildman–Crippen LogP) is 10.6. The Balaban J connectivity index is 1.39. The minimum Gasteiger partial charge on any atom is -0.256 e. The van der Waals surface area contributed by atoms with E-state index in [2.05, 4.69) is 145 Å². The molecule has 0 bridgehead atoms. The lowest BCUT2D eigenvalue weighted by molar-refractivity contribution is 1.33. The molecule has 0 atom stereocenters. The van der Waals surface area contributed by atoms with E-state index in [1.165, 1.54) is 32.7 Å². The van der Waals surface area contributed by atoms with E-state index >= 15 is 0 Å². The molecule has 0 saturated carbocycles. The van der Waals surface area contributed by atoms with Crippen LogP contribution in [0.4, 0.5) is 0 Å². The standard InChI is InChI=1S/C40H26N2/c1-3-16-32-27(10-1)12-8-18-34(32)30-21-22-39-37(25-30)36(29-14-7-15-31(24-29)38-20-5-6-23-41-38)26-40(42-39)35-19-9-13-28-11-2-4-17-33(28)35/h1-26H. The van der Waals surface area contributed by atoms with Crippen molar-refractivity contribution in [1.29, 1.82) is 0 Å². The zero-order chi connectivity index (χ0) is 27.9. The summed E-state index contributed by atoms with van der Waals surface area (Å²) < 4.78 is 0. The maximum Gasteiger partial charge on any atom is 0.0722 e. The number of benzene rings is 6. The van der Waals surface area contributed by atoms with Crippen LogP contribution in [-0.4, -0.2) is 9.97 Å². The highest BCUT2D eigenvalue weighted by Crippen LogP contribution is 2.38. The quantitative estimate of drug-likeness (QED) is 0.224. The lowest BCUT2D eigenvalue weighted by Gasteiger charge is -2.15. The van der Waals surface area contributed by atoms with Crippen LogP contribution < -0.4 is 0 Å². The first-order chi connectivity index (χ1) is 20.8. The summed E-state index contributed by atoms with van der Waals surface area (Å²) >= 11 is 0. The van der Waals surface area contributed by atoms with Gasteiger partial charge in [-0.1, -0.05) is 115 Å². The maximum absolute atomic E-state index is 5.25. The van der Waals surface area contributed by atoms with Gasteiger partial charge in [-0.15, -0.1) is 0 Å². The molecule has 0 N–H and O–H groups in total. The van der Waals surface area contributed by atoms with Crippen LogP contribution in [0, 0.1) is 0 Å². The molecule has 8 rings (SSSR count). The Bertz CT molecular complexity index is 2240. The SMILES string of the molecule is c1ccc(-c2cccc(-c3cc(-c4cccc5ccccc45)nc4ccc(-c5cccc6ccccc56)cc34)c2)nc1. The molecule has 2 aromatic heterocycles. The first-order valence-corrected chi connectivity index (χ1v) is 14.2. The topological polar surface area (TPSA) is 25.8 Å². The number of hydrogen-bond donors (Lipinski definition) is 0. The third kappa shape index (κ3) is 4.22. The molecule has 0 amide bonds.